The molecule has 0 saturated carbocycles. The number of carbonyl (C=O) groups is 1. The van der Waals surface area contributed by atoms with Crippen molar-refractivity contribution in [2.45, 2.75) is 25.8 Å². The Morgan fingerprint density at radius 2 is 2.32 bits per heavy atom. The van der Waals surface area contributed by atoms with E-state index < -0.39 is 0 Å². The van der Waals surface area contributed by atoms with Gasteiger partial charge in [0, 0.05) is 6.54 Å². The largest absolute Gasteiger partial charge is 0.328 e. The zero-order valence-electron chi connectivity index (χ0n) is 10.3. The topological polar surface area (TPSA) is 51.0 Å². The third kappa shape index (κ3) is 1.54. The summed E-state index contributed by atoms with van der Waals surface area (Å²) in [7, 11) is 0. The predicted molar refractivity (Wildman–Crippen MR) is 79.7 cm³/mol. The third-order valence-corrected chi connectivity index (χ3v) is 5.66. The van der Waals surface area contributed by atoms with E-state index in [1.807, 2.05) is 17.9 Å². The van der Waals surface area contributed by atoms with Crippen LogP contribution in [0.1, 0.15) is 40.9 Å². The first-order valence-electron chi connectivity index (χ1n) is 6.19. The summed E-state index contributed by atoms with van der Waals surface area (Å²) in [6.45, 7) is 2.77. The van der Waals surface area contributed by atoms with E-state index in [4.69, 9.17) is 0 Å². The molecule has 0 N–H and O–H groups in total. The zero-order valence-corrected chi connectivity index (χ0v) is 13.2. The van der Waals surface area contributed by atoms with Crippen molar-refractivity contribution in [3.8, 4) is 5.00 Å². The molecule has 0 aliphatic carbocycles. The van der Waals surface area contributed by atoms with Gasteiger partial charge in [0.1, 0.15) is 10.8 Å². The van der Waals surface area contributed by atoms with Gasteiger partial charge in [-0.15, -0.1) is 21.5 Å². The molecule has 1 saturated heterocycles. The molecular weight excluding hydrogens is 375 g/mol. The van der Waals surface area contributed by atoms with E-state index in [9.17, 15) is 4.79 Å². The summed E-state index contributed by atoms with van der Waals surface area (Å²) in [5.74, 6) is 1.91. The maximum Gasteiger partial charge on any atom is 0.257 e. The number of aryl methyl sites for hydroxylation is 1. The number of halogens is 1. The van der Waals surface area contributed by atoms with Crippen molar-refractivity contribution in [1.82, 2.24) is 19.7 Å². The fraction of sp³-hybridized carbons (Fsp3) is 0.417. The molecule has 0 bridgehead atoms. The SMILES string of the molecule is Cc1nnc2n1-c1sc(I)cc1C(=O)N1CCC[C@@H]21. The number of hydrogen-bond donors (Lipinski definition) is 0. The lowest BCUT2D eigenvalue weighted by molar-refractivity contribution is 0.0736. The predicted octanol–water partition coefficient (Wildman–Crippen LogP) is 2.53. The molecule has 2 aromatic rings. The summed E-state index contributed by atoms with van der Waals surface area (Å²) in [6.07, 6.45) is 2.02. The summed E-state index contributed by atoms with van der Waals surface area (Å²) < 4.78 is 3.18. The number of amides is 1. The van der Waals surface area contributed by atoms with E-state index in [-0.39, 0.29) is 11.9 Å². The monoisotopic (exact) mass is 386 g/mol. The Hall–Kier alpha value is -0.960. The molecule has 0 spiro atoms. The molecule has 2 aliphatic heterocycles. The second-order valence-corrected chi connectivity index (χ2v) is 7.79. The van der Waals surface area contributed by atoms with Gasteiger partial charge in [0.2, 0.25) is 0 Å². The molecular formula is C12H11IN4OS. The maximum absolute atomic E-state index is 12.7. The third-order valence-electron chi connectivity index (χ3n) is 3.78. The lowest BCUT2D eigenvalue weighted by Gasteiger charge is -2.20. The van der Waals surface area contributed by atoms with Gasteiger partial charge in [-0.1, -0.05) is 0 Å². The van der Waals surface area contributed by atoms with Crippen LogP contribution in [0, 0.1) is 9.81 Å². The molecule has 4 rings (SSSR count). The Bertz CT molecular complexity index is 692. The van der Waals surface area contributed by atoms with E-state index in [0.29, 0.717) is 0 Å². The van der Waals surface area contributed by atoms with Crippen molar-refractivity contribution < 1.29 is 4.79 Å². The Morgan fingerprint density at radius 3 is 3.16 bits per heavy atom. The van der Waals surface area contributed by atoms with Gasteiger partial charge in [-0.25, -0.2) is 0 Å². The molecule has 19 heavy (non-hydrogen) atoms. The van der Waals surface area contributed by atoms with E-state index in [1.165, 1.54) is 0 Å². The Balaban J connectivity index is 2.06. The van der Waals surface area contributed by atoms with Gasteiger partial charge < -0.3 is 4.90 Å². The number of thiophene rings is 1. The van der Waals surface area contributed by atoms with E-state index >= 15 is 0 Å². The summed E-state index contributed by atoms with van der Waals surface area (Å²) in [5.41, 5.74) is 0.794. The van der Waals surface area contributed by atoms with Gasteiger partial charge >= 0.3 is 0 Å². The summed E-state index contributed by atoms with van der Waals surface area (Å²) >= 11 is 3.90. The fourth-order valence-electron chi connectivity index (χ4n) is 2.95. The van der Waals surface area contributed by atoms with Crippen LogP contribution in [-0.2, 0) is 0 Å². The molecule has 98 valence electrons. The van der Waals surface area contributed by atoms with Crippen LogP contribution in [0.4, 0.5) is 0 Å². The lowest BCUT2D eigenvalue weighted by Crippen LogP contribution is -2.29. The van der Waals surface area contributed by atoms with Crippen LogP contribution >= 0.6 is 33.9 Å². The lowest BCUT2D eigenvalue weighted by atomic mass is 10.2. The van der Waals surface area contributed by atoms with Gasteiger partial charge in [-0.05, 0) is 48.4 Å². The highest BCUT2D eigenvalue weighted by molar-refractivity contribution is 14.1. The summed E-state index contributed by atoms with van der Waals surface area (Å²) in [6, 6.07) is 2.07. The molecule has 1 atom stereocenters. The van der Waals surface area contributed by atoms with E-state index in [1.54, 1.807) is 11.3 Å². The molecule has 7 heteroatoms. The van der Waals surface area contributed by atoms with Gasteiger partial charge in [-0.2, -0.15) is 0 Å². The molecule has 1 amide bonds. The number of nitrogens with zero attached hydrogens (tertiary/aromatic N) is 4. The minimum Gasteiger partial charge on any atom is -0.328 e. The molecule has 0 radical (unpaired) electrons. The number of aromatic nitrogens is 3. The first-order chi connectivity index (χ1) is 9.16. The smallest absolute Gasteiger partial charge is 0.257 e. The van der Waals surface area contributed by atoms with Crippen LogP contribution in [0.15, 0.2) is 6.07 Å². The first-order valence-corrected chi connectivity index (χ1v) is 8.09. The first kappa shape index (κ1) is 11.8. The van der Waals surface area contributed by atoms with Gasteiger partial charge in [0.15, 0.2) is 5.82 Å². The van der Waals surface area contributed by atoms with Crippen molar-refractivity contribution in [3.63, 3.8) is 0 Å². The van der Waals surface area contributed by atoms with Crippen LogP contribution in [0.3, 0.4) is 0 Å². The number of carbonyl (C=O) groups excluding carboxylic acids is 1. The summed E-state index contributed by atoms with van der Waals surface area (Å²) in [5, 5.41) is 9.51. The molecule has 1 fully saturated rings. The highest BCUT2D eigenvalue weighted by Crippen LogP contribution is 2.40. The maximum atomic E-state index is 12.7. The normalized spacial score (nSPS) is 21.1. The van der Waals surface area contributed by atoms with Gasteiger partial charge in [0.25, 0.3) is 5.91 Å². The molecule has 2 aliphatic rings. The Morgan fingerprint density at radius 1 is 1.47 bits per heavy atom. The Labute approximate surface area is 127 Å². The van der Waals surface area contributed by atoms with Crippen molar-refractivity contribution in [2.75, 3.05) is 6.54 Å². The van der Waals surface area contributed by atoms with Crippen LogP contribution < -0.4 is 0 Å². The fourth-order valence-corrected chi connectivity index (χ4v) is 4.82. The number of rotatable bonds is 0. The van der Waals surface area contributed by atoms with Crippen molar-refractivity contribution in [3.05, 3.63) is 26.2 Å². The highest BCUT2D eigenvalue weighted by Gasteiger charge is 2.39. The van der Waals surface area contributed by atoms with Crippen LogP contribution in [0.5, 0.6) is 0 Å². The minimum absolute atomic E-state index is 0.0889. The molecule has 0 unspecified atom stereocenters. The van der Waals surface area contributed by atoms with Crippen molar-refractivity contribution >= 4 is 39.8 Å². The summed E-state index contributed by atoms with van der Waals surface area (Å²) in [4.78, 5) is 14.6. The van der Waals surface area contributed by atoms with E-state index in [0.717, 1.165) is 44.5 Å². The number of fused-ring (bicyclic) bond motifs is 5. The minimum atomic E-state index is 0.0889. The molecule has 4 heterocycles. The molecule has 0 aromatic carbocycles. The van der Waals surface area contributed by atoms with E-state index in [2.05, 4.69) is 37.4 Å². The zero-order chi connectivity index (χ0) is 13.1. The van der Waals surface area contributed by atoms with Gasteiger partial charge in [0.05, 0.1) is 14.5 Å². The van der Waals surface area contributed by atoms with Crippen LogP contribution in [0.25, 0.3) is 5.00 Å². The van der Waals surface area contributed by atoms with Crippen LogP contribution in [0.2, 0.25) is 0 Å². The Kier molecular flexibility index (Phi) is 2.50. The average molecular weight is 386 g/mol. The van der Waals surface area contributed by atoms with Crippen molar-refractivity contribution in [1.29, 1.82) is 0 Å². The average Bonchev–Trinajstić information content (AvgIpc) is 3.04. The number of hydrogen-bond acceptors (Lipinski definition) is 4. The second kappa shape index (κ2) is 4.02. The highest BCUT2D eigenvalue weighted by atomic mass is 127. The quantitative estimate of drug-likeness (QED) is 0.654. The molecule has 2 aromatic heterocycles. The van der Waals surface area contributed by atoms with Gasteiger partial charge in [-0.3, -0.25) is 9.36 Å². The standard InChI is InChI=1S/C12H11IN4OS/c1-6-14-15-10-8-3-2-4-16(8)11(18)7-5-9(13)19-12(7)17(6)10/h5,8H,2-4H2,1H3/t8-/m0/s1. The van der Waals surface area contributed by atoms with Crippen molar-refractivity contribution in [2.24, 2.45) is 0 Å². The van der Waals surface area contributed by atoms with Crippen LogP contribution in [-0.4, -0.2) is 32.1 Å². The second-order valence-electron chi connectivity index (χ2n) is 4.87. The molecule has 5 nitrogen and oxygen atoms in total.